The molecule has 34 heavy (non-hydrogen) atoms. The molecule has 4 heterocycles. The van der Waals surface area contributed by atoms with Gasteiger partial charge < -0.3 is 19.9 Å². The van der Waals surface area contributed by atoms with Crippen molar-refractivity contribution in [2.45, 2.75) is 51.8 Å². The van der Waals surface area contributed by atoms with E-state index >= 15 is 0 Å². The minimum absolute atomic E-state index is 0.225. The summed E-state index contributed by atoms with van der Waals surface area (Å²) in [4.78, 5) is 58.6. The number of imide groups is 1. The number of piperidine rings is 1. The van der Waals surface area contributed by atoms with Gasteiger partial charge >= 0.3 is 6.09 Å². The number of hydrogen-bond acceptors (Lipinski definition) is 8. The van der Waals surface area contributed by atoms with Crippen molar-refractivity contribution in [3.63, 3.8) is 0 Å². The monoisotopic (exact) mass is 472 g/mol. The van der Waals surface area contributed by atoms with E-state index in [4.69, 9.17) is 4.74 Å². The van der Waals surface area contributed by atoms with Crippen LogP contribution in [0.5, 0.6) is 0 Å². The molecule has 2 fully saturated rings. The number of carbonyl (C=O) groups is 4. The smallest absolute Gasteiger partial charge is 0.410 e. The van der Waals surface area contributed by atoms with Crippen molar-refractivity contribution in [2.75, 3.05) is 44.6 Å². The molecular weight excluding hydrogens is 440 g/mol. The zero-order valence-corrected chi connectivity index (χ0v) is 19.9. The third-order valence-electron chi connectivity index (χ3n) is 6.13. The highest BCUT2D eigenvalue weighted by atomic mass is 16.6. The van der Waals surface area contributed by atoms with E-state index < -0.39 is 17.6 Å². The molecule has 3 aliphatic heterocycles. The number of hydrogen-bond donors (Lipinski definition) is 2. The van der Waals surface area contributed by atoms with Gasteiger partial charge in [0, 0.05) is 57.8 Å². The Bertz CT molecular complexity index is 983. The summed E-state index contributed by atoms with van der Waals surface area (Å²) in [5, 5.41) is 5.57. The van der Waals surface area contributed by atoms with Gasteiger partial charge in [0.25, 0.3) is 5.91 Å². The van der Waals surface area contributed by atoms with Gasteiger partial charge in [0.1, 0.15) is 23.2 Å². The molecular formula is C23H32N6O5. The van der Waals surface area contributed by atoms with Crippen LogP contribution in [0.3, 0.4) is 0 Å². The predicted octanol–water partition coefficient (Wildman–Crippen LogP) is 0.807. The van der Waals surface area contributed by atoms with Gasteiger partial charge in [-0.25, -0.2) is 9.78 Å². The number of ether oxygens (including phenoxy) is 1. The van der Waals surface area contributed by atoms with E-state index in [1.54, 1.807) is 4.90 Å². The molecule has 4 amide bonds. The van der Waals surface area contributed by atoms with Crippen LogP contribution < -0.4 is 10.6 Å². The predicted molar refractivity (Wildman–Crippen MR) is 123 cm³/mol. The van der Waals surface area contributed by atoms with Crippen molar-refractivity contribution in [1.82, 2.24) is 25.0 Å². The van der Waals surface area contributed by atoms with Crippen LogP contribution in [0.1, 0.15) is 49.7 Å². The zero-order valence-electron chi connectivity index (χ0n) is 19.9. The van der Waals surface area contributed by atoms with E-state index in [0.29, 0.717) is 44.1 Å². The van der Waals surface area contributed by atoms with Crippen molar-refractivity contribution in [3.05, 3.63) is 23.4 Å². The number of nitrogens with zero attached hydrogens (tertiary/aromatic N) is 4. The van der Waals surface area contributed by atoms with Crippen LogP contribution in [0.4, 0.5) is 10.6 Å². The highest BCUT2D eigenvalue weighted by molar-refractivity contribution is 6.04. The van der Waals surface area contributed by atoms with Crippen LogP contribution in [0.25, 0.3) is 0 Å². The van der Waals surface area contributed by atoms with Crippen LogP contribution in [0.15, 0.2) is 12.1 Å². The Labute approximate surface area is 198 Å². The summed E-state index contributed by atoms with van der Waals surface area (Å²) < 4.78 is 5.43. The van der Waals surface area contributed by atoms with Crippen molar-refractivity contribution < 1.29 is 23.9 Å². The first kappa shape index (κ1) is 23.9. The summed E-state index contributed by atoms with van der Waals surface area (Å²) in [6.45, 7) is 10.1. The fraction of sp³-hybridized carbons (Fsp3) is 0.609. The third-order valence-corrected chi connectivity index (χ3v) is 6.13. The molecule has 11 nitrogen and oxygen atoms in total. The molecule has 3 aliphatic rings. The summed E-state index contributed by atoms with van der Waals surface area (Å²) >= 11 is 0. The van der Waals surface area contributed by atoms with Crippen molar-refractivity contribution in [3.8, 4) is 0 Å². The lowest BCUT2D eigenvalue weighted by molar-refractivity contribution is -0.136. The second kappa shape index (κ2) is 9.57. The van der Waals surface area contributed by atoms with Gasteiger partial charge in [0.15, 0.2) is 0 Å². The van der Waals surface area contributed by atoms with E-state index in [1.807, 2.05) is 32.9 Å². The first-order valence-electron chi connectivity index (χ1n) is 11.7. The quantitative estimate of drug-likeness (QED) is 0.604. The molecule has 0 bridgehead atoms. The Morgan fingerprint density at radius 1 is 1.18 bits per heavy atom. The molecule has 4 rings (SSSR count). The SMILES string of the molecule is CC(C)(C)OC(=O)N1CCN(CCNc2ccc3c(n2)C(=O)N(C2CCC(=O)NC2=O)C3)CC1. The lowest BCUT2D eigenvalue weighted by Crippen LogP contribution is -2.52. The average Bonchev–Trinajstić information content (AvgIpc) is 3.09. The van der Waals surface area contributed by atoms with Crippen LogP contribution >= 0.6 is 0 Å². The van der Waals surface area contributed by atoms with Crippen LogP contribution in [0.2, 0.25) is 0 Å². The Morgan fingerprint density at radius 2 is 1.91 bits per heavy atom. The Hall–Kier alpha value is -3.21. The van der Waals surface area contributed by atoms with Gasteiger partial charge in [0.05, 0.1) is 0 Å². The average molecular weight is 473 g/mol. The maximum Gasteiger partial charge on any atom is 0.410 e. The molecule has 1 atom stereocenters. The molecule has 1 unspecified atom stereocenters. The first-order chi connectivity index (χ1) is 16.1. The molecule has 0 radical (unpaired) electrons. The molecule has 11 heteroatoms. The summed E-state index contributed by atoms with van der Waals surface area (Å²) in [6.07, 6.45) is 0.281. The topological polar surface area (TPSA) is 124 Å². The molecule has 0 aromatic carbocycles. The standard InChI is InChI=1S/C23H32N6O5/c1-23(2,3)34-22(33)28-12-10-27(11-13-28)9-8-24-17-6-4-15-14-29(21(32)19(15)25-17)16-5-7-18(30)26-20(16)31/h4,6,16H,5,7-14H2,1-3H3,(H,24,25)(H,26,30,31). The number of fused-ring (bicyclic) bond motifs is 1. The lowest BCUT2D eigenvalue weighted by Gasteiger charge is -2.35. The molecule has 0 saturated carbocycles. The van der Waals surface area contributed by atoms with Gasteiger partial charge in [-0.3, -0.25) is 24.6 Å². The number of piperazine rings is 1. The van der Waals surface area contributed by atoms with Crippen LogP contribution in [-0.2, 0) is 20.9 Å². The molecule has 1 aromatic rings. The second-order valence-electron chi connectivity index (χ2n) is 9.84. The number of anilines is 1. The molecule has 2 N–H and O–H groups in total. The number of rotatable bonds is 5. The van der Waals surface area contributed by atoms with Crippen LogP contribution in [-0.4, -0.2) is 94.4 Å². The van der Waals surface area contributed by atoms with E-state index in [0.717, 1.165) is 25.2 Å². The van der Waals surface area contributed by atoms with Gasteiger partial charge in [-0.2, -0.15) is 0 Å². The minimum atomic E-state index is -0.643. The van der Waals surface area contributed by atoms with Gasteiger partial charge in [-0.05, 0) is 33.3 Å². The summed E-state index contributed by atoms with van der Waals surface area (Å²) in [7, 11) is 0. The van der Waals surface area contributed by atoms with Crippen molar-refractivity contribution in [2.24, 2.45) is 0 Å². The van der Waals surface area contributed by atoms with Crippen LogP contribution in [0, 0.1) is 0 Å². The number of amides is 4. The van der Waals surface area contributed by atoms with Gasteiger partial charge in [-0.1, -0.05) is 6.07 Å². The van der Waals surface area contributed by atoms with E-state index in [-0.39, 0.29) is 24.3 Å². The van der Waals surface area contributed by atoms with Gasteiger partial charge in [-0.15, -0.1) is 0 Å². The summed E-state index contributed by atoms with van der Waals surface area (Å²) in [5.74, 6) is -0.417. The molecule has 1 aromatic heterocycles. The third kappa shape index (κ3) is 5.46. The number of aromatic nitrogens is 1. The highest BCUT2D eigenvalue weighted by Crippen LogP contribution is 2.27. The maximum atomic E-state index is 12.9. The van der Waals surface area contributed by atoms with E-state index in [9.17, 15) is 19.2 Å². The number of carbonyl (C=O) groups excluding carboxylic acids is 4. The summed E-state index contributed by atoms with van der Waals surface area (Å²) in [5.41, 5.74) is 0.626. The van der Waals surface area contributed by atoms with E-state index in [2.05, 4.69) is 20.5 Å². The second-order valence-corrected chi connectivity index (χ2v) is 9.84. The molecule has 0 aliphatic carbocycles. The van der Waals surface area contributed by atoms with Crippen molar-refractivity contribution in [1.29, 1.82) is 0 Å². The molecule has 184 valence electrons. The fourth-order valence-electron chi connectivity index (χ4n) is 4.34. The zero-order chi connectivity index (χ0) is 24.5. The molecule has 2 saturated heterocycles. The van der Waals surface area contributed by atoms with Crippen molar-refractivity contribution >= 4 is 29.6 Å². The first-order valence-corrected chi connectivity index (χ1v) is 11.7. The highest BCUT2D eigenvalue weighted by Gasteiger charge is 2.40. The Morgan fingerprint density at radius 3 is 2.59 bits per heavy atom. The number of nitrogens with one attached hydrogen (secondary N) is 2. The van der Waals surface area contributed by atoms with Gasteiger partial charge in [0.2, 0.25) is 11.8 Å². The maximum absolute atomic E-state index is 12.9. The Kier molecular flexibility index (Phi) is 6.74. The fourth-order valence-corrected chi connectivity index (χ4v) is 4.34. The molecule has 0 spiro atoms. The number of pyridine rings is 1. The Balaban J connectivity index is 1.25. The summed E-state index contributed by atoms with van der Waals surface area (Å²) in [6, 6.07) is 3.05. The minimum Gasteiger partial charge on any atom is -0.444 e. The largest absolute Gasteiger partial charge is 0.444 e. The lowest BCUT2D eigenvalue weighted by atomic mass is 10.0. The normalized spacial score (nSPS) is 21.4. The van der Waals surface area contributed by atoms with E-state index in [1.165, 1.54) is 4.90 Å².